The van der Waals surface area contributed by atoms with Crippen LogP contribution in [0.5, 0.6) is 0 Å². The normalized spacial score (nSPS) is 31.5. The molecule has 19 heavy (non-hydrogen) atoms. The molecule has 109 valence electrons. The fourth-order valence-electron chi connectivity index (χ4n) is 4.27. The molecule has 0 nitrogen and oxygen atoms in total. The minimum atomic E-state index is 0.521. The molecular weight excluding hydrogens is 227 g/mol. The van der Waals surface area contributed by atoms with Crippen LogP contribution in [-0.4, -0.2) is 7.28 Å². The lowest BCUT2D eigenvalue weighted by Crippen LogP contribution is -2.23. The van der Waals surface area contributed by atoms with Crippen molar-refractivity contribution in [1.29, 1.82) is 0 Å². The van der Waals surface area contributed by atoms with Crippen LogP contribution in [0.2, 0.25) is 11.6 Å². The van der Waals surface area contributed by atoms with Crippen LogP contribution in [0, 0.1) is 11.3 Å². The lowest BCUT2D eigenvalue weighted by atomic mass is 9.48. The maximum absolute atomic E-state index is 2.78. The molecule has 1 radical (unpaired) electrons. The maximum Gasteiger partial charge on any atom is 0.117 e. The van der Waals surface area contributed by atoms with Gasteiger partial charge in [0.05, 0.1) is 0 Å². The summed E-state index contributed by atoms with van der Waals surface area (Å²) in [5.41, 5.74) is 0.521. The average Bonchev–Trinajstić information content (AvgIpc) is 2.32. The molecule has 2 aliphatic carbocycles. The Morgan fingerprint density at radius 1 is 0.632 bits per heavy atom. The molecule has 0 saturated heterocycles. The summed E-state index contributed by atoms with van der Waals surface area (Å²) in [6.45, 7) is 7.33. The van der Waals surface area contributed by atoms with Crippen LogP contribution in [-0.2, 0) is 0 Å². The van der Waals surface area contributed by atoms with Gasteiger partial charge in [0, 0.05) is 0 Å². The van der Waals surface area contributed by atoms with E-state index in [1.165, 1.54) is 70.6 Å². The van der Waals surface area contributed by atoms with E-state index in [0.717, 1.165) is 17.6 Å². The molecule has 0 aliphatic heterocycles. The molecule has 2 atom stereocenters. The van der Waals surface area contributed by atoms with Crippen LogP contribution in [0.25, 0.3) is 0 Å². The lowest BCUT2D eigenvalue weighted by Gasteiger charge is -2.35. The van der Waals surface area contributed by atoms with Gasteiger partial charge in [0.25, 0.3) is 0 Å². The molecule has 0 N–H and O–H groups in total. The molecule has 0 spiro atoms. The van der Waals surface area contributed by atoms with E-state index < -0.39 is 0 Å². The first-order valence-electron chi connectivity index (χ1n) is 8.90. The van der Waals surface area contributed by atoms with Gasteiger partial charge in [0.2, 0.25) is 0 Å². The quantitative estimate of drug-likeness (QED) is 0.515. The van der Waals surface area contributed by atoms with Gasteiger partial charge in [0.1, 0.15) is 7.28 Å². The van der Waals surface area contributed by atoms with Crippen molar-refractivity contribution in [2.75, 3.05) is 0 Å². The van der Waals surface area contributed by atoms with E-state index in [-0.39, 0.29) is 0 Å². The Morgan fingerprint density at radius 3 is 1.79 bits per heavy atom. The third-order valence-corrected chi connectivity index (χ3v) is 5.68. The topological polar surface area (TPSA) is 0 Å². The monoisotopic (exact) mass is 261 g/mol. The van der Waals surface area contributed by atoms with Crippen LogP contribution in [0.1, 0.15) is 91.4 Å². The molecule has 2 unspecified atom stereocenters. The zero-order valence-electron chi connectivity index (χ0n) is 13.6. The van der Waals surface area contributed by atoms with Crippen molar-refractivity contribution in [1.82, 2.24) is 0 Å². The van der Waals surface area contributed by atoms with E-state index in [0.29, 0.717) is 5.41 Å². The first kappa shape index (κ1) is 15.5. The Labute approximate surface area is 122 Å². The van der Waals surface area contributed by atoms with E-state index in [1.54, 1.807) is 0 Å². The summed E-state index contributed by atoms with van der Waals surface area (Å²) in [6, 6.07) is 0. The molecule has 2 rings (SSSR count). The highest BCUT2D eigenvalue weighted by atomic mass is 14.3. The molecule has 0 heterocycles. The minimum absolute atomic E-state index is 0.521. The standard InChI is InChI=1S/C18H34B/c1-18(2,3)15-9-7-8-12-17(14-13-15)19-16-10-5-4-6-11-16/h15-17H,4-14H2,1-3H3. The van der Waals surface area contributed by atoms with E-state index >= 15 is 0 Å². The van der Waals surface area contributed by atoms with Gasteiger partial charge in [-0.25, -0.2) is 0 Å². The summed E-state index contributed by atoms with van der Waals surface area (Å²) >= 11 is 0. The van der Waals surface area contributed by atoms with E-state index in [9.17, 15) is 0 Å². The molecule has 2 fully saturated rings. The van der Waals surface area contributed by atoms with Crippen molar-refractivity contribution in [3.05, 3.63) is 0 Å². The second-order valence-corrected chi connectivity index (χ2v) is 8.28. The Balaban J connectivity index is 1.81. The highest BCUT2D eigenvalue weighted by Crippen LogP contribution is 2.40. The summed E-state index contributed by atoms with van der Waals surface area (Å²) < 4.78 is 0. The van der Waals surface area contributed by atoms with Gasteiger partial charge in [-0.3, -0.25) is 0 Å². The van der Waals surface area contributed by atoms with Gasteiger partial charge < -0.3 is 0 Å². The van der Waals surface area contributed by atoms with Gasteiger partial charge in [-0.15, -0.1) is 0 Å². The first-order chi connectivity index (χ1) is 9.05. The average molecular weight is 261 g/mol. The molecule has 1 heteroatoms. The summed E-state index contributed by atoms with van der Waals surface area (Å²) in [4.78, 5) is 0. The van der Waals surface area contributed by atoms with Crippen molar-refractivity contribution >= 4 is 7.28 Å². The molecule has 2 saturated carbocycles. The minimum Gasteiger partial charge on any atom is -0.0686 e. The molecule has 2 aliphatic rings. The maximum atomic E-state index is 2.78. The molecule has 0 aromatic rings. The Morgan fingerprint density at radius 2 is 1.16 bits per heavy atom. The fraction of sp³-hybridized carbons (Fsp3) is 1.00. The highest BCUT2D eigenvalue weighted by Gasteiger charge is 2.28. The van der Waals surface area contributed by atoms with Crippen molar-refractivity contribution in [2.45, 2.75) is 103 Å². The molecule has 0 bridgehead atoms. The molecule has 0 aromatic heterocycles. The van der Waals surface area contributed by atoms with E-state index in [1.807, 2.05) is 0 Å². The summed E-state index contributed by atoms with van der Waals surface area (Å²) in [5.74, 6) is 2.86. The lowest BCUT2D eigenvalue weighted by molar-refractivity contribution is 0.193. The smallest absolute Gasteiger partial charge is 0.0686 e. The van der Waals surface area contributed by atoms with Gasteiger partial charge in [-0.2, -0.15) is 0 Å². The zero-order valence-corrected chi connectivity index (χ0v) is 13.6. The van der Waals surface area contributed by atoms with Crippen molar-refractivity contribution in [2.24, 2.45) is 11.3 Å². The van der Waals surface area contributed by atoms with Crippen LogP contribution in [0.3, 0.4) is 0 Å². The van der Waals surface area contributed by atoms with Crippen LogP contribution in [0.15, 0.2) is 0 Å². The zero-order chi connectivity index (χ0) is 13.7. The first-order valence-corrected chi connectivity index (χ1v) is 8.90. The highest BCUT2D eigenvalue weighted by molar-refractivity contribution is 6.39. The third-order valence-electron chi connectivity index (χ3n) is 5.68. The molecule has 0 aromatic carbocycles. The van der Waals surface area contributed by atoms with Crippen LogP contribution >= 0.6 is 0 Å². The van der Waals surface area contributed by atoms with Gasteiger partial charge in [-0.1, -0.05) is 96.6 Å². The van der Waals surface area contributed by atoms with Crippen molar-refractivity contribution in [3.63, 3.8) is 0 Å². The number of rotatable bonds is 2. The molecule has 0 amide bonds. The van der Waals surface area contributed by atoms with E-state index in [4.69, 9.17) is 0 Å². The van der Waals surface area contributed by atoms with Gasteiger partial charge in [0.15, 0.2) is 0 Å². The summed E-state index contributed by atoms with van der Waals surface area (Å²) in [5, 5.41) is 0. The van der Waals surface area contributed by atoms with Crippen LogP contribution < -0.4 is 0 Å². The number of hydrogen-bond acceptors (Lipinski definition) is 0. The van der Waals surface area contributed by atoms with Crippen molar-refractivity contribution in [3.8, 4) is 0 Å². The van der Waals surface area contributed by atoms with Gasteiger partial charge >= 0.3 is 0 Å². The number of hydrogen-bond donors (Lipinski definition) is 0. The fourth-order valence-corrected chi connectivity index (χ4v) is 4.27. The van der Waals surface area contributed by atoms with Crippen molar-refractivity contribution < 1.29 is 0 Å². The molecular formula is C18H34B. The van der Waals surface area contributed by atoms with Crippen LogP contribution in [0.4, 0.5) is 0 Å². The predicted octanol–water partition coefficient (Wildman–Crippen LogP) is 6.25. The van der Waals surface area contributed by atoms with Gasteiger partial charge in [-0.05, 0) is 17.8 Å². The predicted molar refractivity (Wildman–Crippen MR) is 87.0 cm³/mol. The SMILES string of the molecule is CC(C)(C)C1CCCCC([B]C2CCCCC2)CC1. The Hall–Kier alpha value is 0.0649. The van der Waals surface area contributed by atoms with E-state index in [2.05, 4.69) is 28.1 Å². The Kier molecular flexibility index (Phi) is 5.84. The summed E-state index contributed by atoms with van der Waals surface area (Å²) in [7, 11) is 2.78. The largest absolute Gasteiger partial charge is 0.117 e. The second-order valence-electron chi connectivity index (χ2n) is 8.28. The Bertz CT molecular complexity index is 247. The third kappa shape index (κ3) is 5.16. The second kappa shape index (κ2) is 7.18. The summed E-state index contributed by atoms with van der Waals surface area (Å²) in [6.07, 6.45) is 16.3.